The second-order valence-corrected chi connectivity index (χ2v) is 7.31. The number of Topliss-reactive ketones (excluding diaryl/α,β-unsaturated/α-hetero) is 1. The zero-order valence-corrected chi connectivity index (χ0v) is 16.5. The molecule has 2 heterocycles. The van der Waals surface area contributed by atoms with Crippen LogP contribution in [0.25, 0.3) is 5.76 Å². The number of amides is 1. The molecule has 1 fully saturated rings. The largest absolute Gasteiger partial charge is 0.508 e. The Balaban J connectivity index is 1.70. The second-order valence-electron chi connectivity index (χ2n) is 7.31. The van der Waals surface area contributed by atoms with E-state index in [1.165, 1.54) is 47.4 Å². The molecule has 0 saturated carbocycles. The Hall–Kier alpha value is -4.33. The highest BCUT2D eigenvalue weighted by Gasteiger charge is 2.47. The molecule has 0 aromatic heterocycles. The third-order valence-electron chi connectivity index (χ3n) is 5.40. The Morgan fingerprint density at radius 3 is 2.34 bits per heavy atom. The Morgan fingerprint density at radius 1 is 0.938 bits per heavy atom. The first-order chi connectivity index (χ1) is 15.4. The van der Waals surface area contributed by atoms with Crippen LogP contribution in [-0.2, 0) is 9.59 Å². The number of carbonyl (C=O) groups excluding carboxylic acids is 2. The van der Waals surface area contributed by atoms with Gasteiger partial charge in [-0.1, -0.05) is 12.1 Å². The lowest BCUT2D eigenvalue weighted by molar-refractivity contribution is -0.132. The highest BCUT2D eigenvalue weighted by Crippen LogP contribution is 2.43. The quantitative estimate of drug-likeness (QED) is 0.370. The number of hydrogen-bond acceptors (Lipinski definition) is 6. The summed E-state index contributed by atoms with van der Waals surface area (Å²) in [5.41, 5.74) is 0.906. The lowest BCUT2D eigenvalue weighted by Crippen LogP contribution is -2.29. The van der Waals surface area contributed by atoms with E-state index in [9.17, 15) is 24.2 Å². The number of rotatable bonds is 3. The Bertz CT molecular complexity index is 1270. The SMILES string of the molecule is O=C1C(=O)N(c2ccc(F)cc2)C(c2ccc(O)cc2)/C1=C(/O)c1ccc2c(c1)OCO2. The molecule has 32 heavy (non-hydrogen) atoms. The number of fused-ring (bicyclic) bond motifs is 1. The van der Waals surface area contributed by atoms with Crippen molar-refractivity contribution in [1.29, 1.82) is 0 Å². The van der Waals surface area contributed by atoms with E-state index in [0.29, 0.717) is 17.1 Å². The molecule has 3 aromatic rings. The fourth-order valence-electron chi connectivity index (χ4n) is 3.87. The number of hydrogen-bond donors (Lipinski definition) is 2. The van der Waals surface area contributed by atoms with E-state index in [2.05, 4.69) is 0 Å². The zero-order valence-electron chi connectivity index (χ0n) is 16.5. The predicted octanol–water partition coefficient (Wildman–Crippen LogP) is 3.89. The van der Waals surface area contributed by atoms with Gasteiger partial charge in [-0.15, -0.1) is 0 Å². The van der Waals surface area contributed by atoms with Crippen LogP contribution in [0.1, 0.15) is 17.2 Å². The fraction of sp³-hybridized carbons (Fsp3) is 0.0833. The minimum Gasteiger partial charge on any atom is -0.508 e. The van der Waals surface area contributed by atoms with Gasteiger partial charge in [-0.3, -0.25) is 14.5 Å². The first kappa shape index (κ1) is 19.6. The number of halogens is 1. The Kier molecular flexibility index (Phi) is 4.55. The molecular weight excluding hydrogens is 417 g/mol. The molecule has 0 radical (unpaired) electrons. The van der Waals surface area contributed by atoms with E-state index in [1.54, 1.807) is 24.3 Å². The van der Waals surface area contributed by atoms with Gasteiger partial charge in [-0.2, -0.15) is 0 Å². The molecule has 2 N–H and O–H groups in total. The summed E-state index contributed by atoms with van der Waals surface area (Å²) in [6, 6.07) is 14.8. The molecule has 5 rings (SSSR count). The van der Waals surface area contributed by atoms with Gasteiger partial charge in [-0.05, 0) is 60.2 Å². The van der Waals surface area contributed by atoms with Crippen molar-refractivity contribution < 1.29 is 33.7 Å². The van der Waals surface area contributed by atoms with Crippen molar-refractivity contribution in [2.24, 2.45) is 0 Å². The number of anilines is 1. The number of benzene rings is 3. The van der Waals surface area contributed by atoms with Gasteiger partial charge in [0.05, 0.1) is 11.6 Å². The summed E-state index contributed by atoms with van der Waals surface area (Å²) in [5, 5.41) is 20.8. The maximum absolute atomic E-state index is 13.5. The van der Waals surface area contributed by atoms with Crippen LogP contribution in [0.3, 0.4) is 0 Å². The van der Waals surface area contributed by atoms with Crippen molar-refractivity contribution in [3.63, 3.8) is 0 Å². The maximum atomic E-state index is 13.5. The summed E-state index contributed by atoms with van der Waals surface area (Å²) >= 11 is 0. The van der Waals surface area contributed by atoms with E-state index < -0.39 is 23.5 Å². The minimum atomic E-state index is -0.994. The molecule has 0 spiro atoms. The minimum absolute atomic E-state index is 0.00301. The van der Waals surface area contributed by atoms with Crippen LogP contribution in [0.15, 0.2) is 72.3 Å². The molecule has 1 amide bonds. The highest BCUT2D eigenvalue weighted by atomic mass is 19.1. The number of nitrogens with zero attached hydrogens (tertiary/aromatic N) is 1. The van der Waals surface area contributed by atoms with Gasteiger partial charge in [-0.25, -0.2) is 4.39 Å². The van der Waals surface area contributed by atoms with Gasteiger partial charge in [0.1, 0.15) is 17.3 Å². The monoisotopic (exact) mass is 433 g/mol. The maximum Gasteiger partial charge on any atom is 0.300 e. The molecule has 3 aromatic carbocycles. The fourth-order valence-corrected chi connectivity index (χ4v) is 3.87. The van der Waals surface area contributed by atoms with Crippen molar-refractivity contribution in [3.05, 3.63) is 89.2 Å². The van der Waals surface area contributed by atoms with Crippen molar-refractivity contribution in [2.75, 3.05) is 11.7 Å². The van der Waals surface area contributed by atoms with Crippen molar-refractivity contribution in [2.45, 2.75) is 6.04 Å². The van der Waals surface area contributed by atoms with Gasteiger partial charge in [0, 0.05) is 11.3 Å². The van der Waals surface area contributed by atoms with E-state index in [0.717, 1.165) is 0 Å². The Morgan fingerprint density at radius 2 is 1.62 bits per heavy atom. The number of aromatic hydroxyl groups is 1. The standard InChI is InChI=1S/C24H16FNO6/c25-15-4-6-16(7-5-15)26-21(13-1-8-17(27)9-2-13)20(23(29)24(26)30)22(28)14-3-10-18-19(11-14)32-12-31-18/h1-11,21,27-28H,12H2/b22-20-. The van der Waals surface area contributed by atoms with Gasteiger partial charge < -0.3 is 19.7 Å². The van der Waals surface area contributed by atoms with E-state index in [-0.39, 0.29) is 35.1 Å². The predicted molar refractivity (Wildman–Crippen MR) is 112 cm³/mol. The molecule has 1 unspecified atom stereocenters. The molecule has 0 aliphatic carbocycles. The molecule has 160 valence electrons. The van der Waals surface area contributed by atoms with Crippen LogP contribution in [-0.4, -0.2) is 28.7 Å². The summed E-state index contributed by atoms with van der Waals surface area (Å²) in [5.74, 6) is -1.72. The first-order valence-corrected chi connectivity index (χ1v) is 9.69. The summed E-state index contributed by atoms with van der Waals surface area (Å²) in [4.78, 5) is 27.3. The molecule has 7 nitrogen and oxygen atoms in total. The second kappa shape index (κ2) is 7.42. The van der Waals surface area contributed by atoms with Crippen LogP contribution >= 0.6 is 0 Å². The summed E-state index contributed by atoms with van der Waals surface area (Å²) in [6.07, 6.45) is 0. The lowest BCUT2D eigenvalue weighted by atomic mass is 9.95. The lowest BCUT2D eigenvalue weighted by Gasteiger charge is -2.25. The van der Waals surface area contributed by atoms with Crippen LogP contribution in [0.2, 0.25) is 0 Å². The Labute approximate surface area is 181 Å². The van der Waals surface area contributed by atoms with Crippen LogP contribution in [0, 0.1) is 5.82 Å². The third-order valence-corrected chi connectivity index (χ3v) is 5.40. The van der Waals surface area contributed by atoms with Crippen molar-refractivity contribution in [1.82, 2.24) is 0 Å². The summed E-state index contributed by atoms with van der Waals surface area (Å²) in [7, 11) is 0. The number of aliphatic hydroxyl groups is 1. The zero-order chi connectivity index (χ0) is 22.4. The summed E-state index contributed by atoms with van der Waals surface area (Å²) in [6.45, 7) is 0.0437. The van der Waals surface area contributed by atoms with Crippen LogP contribution in [0.5, 0.6) is 17.2 Å². The molecular formula is C24H16FNO6. The van der Waals surface area contributed by atoms with Crippen molar-refractivity contribution >= 4 is 23.1 Å². The van der Waals surface area contributed by atoms with E-state index in [1.807, 2.05) is 0 Å². The number of phenolic OH excluding ortho intramolecular Hbond substituents is 1. The number of ketones is 1. The molecule has 1 saturated heterocycles. The van der Waals surface area contributed by atoms with Gasteiger partial charge in [0.15, 0.2) is 11.5 Å². The molecule has 0 bridgehead atoms. The molecule has 2 aliphatic rings. The van der Waals surface area contributed by atoms with Gasteiger partial charge in [0.25, 0.3) is 11.7 Å². The van der Waals surface area contributed by atoms with Gasteiger partial charge in [0.2, 0.25) is 6.79 Å². The highest BCUT2D eigenvalue weighted by molar-refractivity contribution is 6.51. The number of carbonyl (C=O) groups is 2. The van der Waals surface area contributed by atoms with E-state index in [4.69, 9.17) is 9.47 Å². The number of phenols is 1. The molecule has 1 atom stereocenters. The van der Waals surface area contributed by atoms with Crippen molar-refractivity contribution in [3.8, 4) is 17.2 Å². The first-order valence-electron chi connectivity index (χ1n) is 9.69. The normalized spacial score (nSPS) is 18.9. The average Bonchev–Trinajstić information content (AvgIpc) is 3.37. The number of ether oxygens (including phenoxy) is 2. The topological polar surface area (TPSA) is 96.3 Å². The van der Waals surface area contributed by atoms with Crippen LogP contribution < -0.4 is 14.4 Å². The smallest absolute Gasteiger partial charge is 0.300 e. The number of aliphatic hydroxyl groups excluding tert-OH is 1. The third kappa shape index (κ3) is 3.13. The molecule has 2 aliphatic heterocycles. The summed E-state index contributed by atoms with van der Waals surface area (Å²) < 4.78 is 24.1. The van der Waals surface area contributed by atoms with E-state index >= 15 is 0 Å². The van der Waals surface area contributed by atoms with Crippen LogP contribution in [0.4, 0.5) is 10.1 Å². The average molecular weight is 433 g/mol. The molecule has 8 heteroatoms. The van der Waals surface area contributed by atoms with Gasteiger partial charge >= 0.3 is 0 Å².